The highest BCUT2D eigenvalue weighted by Crippen LogP contribution is 2.22. The van der Waals surface area contributed by atoms with Crippen LogP contribution in [0.3, 0.4) is 0 Å². The quantitative estimate of drug-likeness (QED) is 0.904. The van der Waals surface area contributed by atoms with Gasteiger partial charge in [-0.15, -0.1) is 0 Å². The van der Waals surface area contributed by atoms with E-state index in [1.807, 2.05) is 18.2 Å². The van der Waals surface area contributed by atoms with E-state index in [0.717, 1.165) is 12.8 Å². The van der Waals surface area contributed by atoms with Crippen LogP contribution < -0.4 is 5.32 Å². The van der Waals surface area contributed by atoms with Gasteiger partial charge in [-0.1, -0.05) is 11.2 Å². The third-order valence-corrected chi connectivity index (χ3v) is 3.54. The van der Waals surface area contributed by atoms with Crippen molar-refractivity contribution in [2.45, 2.75) is 32.4 Å². The second-order valence-electron chi connectivity index (χ2n) is 5.06. The smallest absolute Gasteiger partial charge is 0.251 e. The fraction of sp³-hybridized carbons (Fsp3) is 0.400. The molecule has 0 radical (unpaired) electrons. The molecule has 1 amide bonds. The van der Waals surface area contributed by atoms with Gasteiger partial charge in [0.05, 0.1) is 6.54 Å². The summed E-state index contributed by atoms with van der Waals surface area (Å²) in [5, 5.41) is 6.53. The summed E-state index contributed by atoms with van der Waals surface area (Å²) < 4.78 is 9.93. The molecule has 0 unspecified atom stereocenters. The normalized spacial score (nSPS) is 13.2. The first-order valence-electron chi connectivity index (χ1n) is 6.96. The molecule has 0 spiro atoms. The number of aromatic nitrogens is 2. The number of carbonyl (C=O) groups is 1. The van der Waals surface area contributed by atoms with E-state index in [0.29, 0.717) is 23.9 Å². The minimum Gasteiger partial charge on any atom is -0.377 e. The Morgan fingerprint density at radius 1 is 1.38 bits per heavy atom. The molecule has 6 nitrogen and oxygen atoms in total. The van der Waals surface area contributed by atoms with Gasteiger partial charge in [-0.3, -0.25) is 4.79 Å². The highest BCUT2D eigenvalue weighted by molar-refractivity contribution is 5.94. The van der Waals surface area contributed by atoms with Crippen molar-refractivity contribution in [3.05, 3.63) is 46.6 Å². The molecule has 1 aliphatic rings. The molecule has 3 rings (SSSR count). The largest absolute Gasteiger partial charge is 0.377 e. The maximum atomic E-state index is 12.1. The molecule has 1 aliphatic carbocycles. The maximum Gasteiger partial charge on any atom is 0.251 e. The zero-order chi connectivity index (χ0) is 14.7. The zero-order valence-corrected chi connectivity index (χ0v) is 11.9. The van der Waals surface area contributed by atoms with E-state index in [9.17, 15) is 4.79 Å². The summed E-state index contributed by atoms with van der Waals surface area (Å²) in [6, 6.07) is 5.88. The van der Waals surface area contributed by atoms with Gasteiger partial charge in [0.1, 0.15) is 6.61 Å². The van der Waals surface area contributed by atoms with Crippen LogP contribution in [0.5, 0.6) is 0 Å². The molecular formula is C15H17N3O3. The molecular weight excluding hydrogens is 270 g/mol. The number of ether oxygens (including phenoxy) is 1. The van der Waals surface area contributed by atoms with E-state index in [2.05, 4.69) is 15.5 Å². The van der Waals surface area contributed by atoms with Gasteiger partial charge >= 0.3 is 0 Å². The lowest BCUT2D eigenvalue weighted by Gasteiger charge is -2.05. The summed E-state index contributed by atoms with van der Waals surface area (Å²) in [6.07, 6.45) is 3.34. The van der Waals surface area contributed by atoms with Gasteiger partial charge in [0.15, 0.2) is 5.82 Å². The predicted octanol–water partition coefficient (Wildman–Crippen LogP) is 1.63. The standard InChI is InChI=1S/C15H17N3O3/c1-20-9-13-17-14(21-18-13)8-16-15(19)12-6-5-10-3-2-4-11(10)7-12/h5-7H,2-4,8-9H2,1H3,(H,16,19). The van der Waals surface area contributed by atoms with Gasteiger partial charge in [-0.25, -0.2) is 0 Å². The highest BCUT2D eigenvalue weighted by Gasteiger charge is 2.14. The van der Waals surface area contributed by atoms with Crippen LogP contribution in [0.15, 0.2) is 22.7 Å². The zero-order valence-electron chi connectivity index (χ0n) is 11.9. The Morgan fingerprint density at radius 3 is 3.10 bits per heavy atom. The van der Waals surface area contributed by atoms with Gasteiger partial charge in [0.2, 0.25) is 5.89 Å². The first-order valence-corrected chi connectivity index (χ1v) is 6.96. The number of fused-ring (bicyclic) bond motifs is 1. The van der Waals surface area contributed by atoms with Crippen LogP contribution in [-0.2, 0) is 30.7 Å². The van der Waals surface area contributed by atoms with Gasteiger partial charge in [-0.2, -0.15) is 4.98 Å². The summed E-state index contributed by atoms with van der Waals surface area (Å²) in [4.78, 5) is 16.2. The van der Waals surface area contributed by atoms with E-state index >= 15 is 0 Å². The van der Waals surface area contributed by atoms with Crippen LogP contribution in [0.25, 0.3) is 0 Å². The second kappa shape index (κ2) is 6.05. The average molecular weight is 287 g/mol. The Labute approximate surface area is 122 Å². The molecule has 1 aromatic heterocycles. The molecule has 0 fully saturated rings. The highest BCUT2D eigenvalue weighted by atomic mass is 16.5. The molecule has 0 saturated carbocycles. The number of nitrogens with one attached hydrogen (secondary N) is 1. The SMILES string of the molecule is COCc1noc(CNC(=O)c2ccc3c(c2)CCC3)n1. The fourth-order valence-corrected chi connectivity index (χ4v) is 2.52. The van der Waals surface area contributed by atoms with E-state index in [1.54, 1.807) is 7.11 Å². The van der Waals surface area contributed by atoms with Crippen LogP contribution in [0.2, 0.25) is 0 Å². The molecule has 1 heterocycles. The van der Waals surface area contributed by atoms with Gasteiger partial charge < -0.3 is 14.6 Å². The second-order valence-corrected chi connectivity index (χ2v) is 5.06. The first-order chi connectivity index (χ1) is 10.3. The van der Waals surface area contributed by atoms with Crippen molar-refractivity contribution in [1.29, 1.82) is 0 Å². The summed E-state index contributed by atoms with van der Waals surface area (Å²) in [6.45, 7) is 0.509. The van der Waals surface area contributed by atoms with Crippen molar-refractivity contribution in [2.75, 3.05) is 7.11 Å². The van der Waals surface area contributed by atoms with Crippen LogP contribution >= 0.6 is 0 Å². The lowest BCUT2D eigenvalue weighted by molar-refractivity contribution is 0.0946. The number of rotatable bonds is 5. The molecule has 0 saturated heterocycles. The number of hydrogen-bond donors (Lipinski definition) is 1. The Bertz CT molecular complexity index is 651. The maximum absolute atomic E-state index is 12.1. The van der Waals surface area contributed by atoms with Crippen molar-refractivity contribution < 1.29 is 14.1 Å². The number of carbonyl (C=O) groups excluding carboxylic acids is 1. The number of benzene rings is 1. The molecule has 2 aromatic rings. The van der Waals surface area contributed by atoms with Crippen molar-refractivity contribution in [2.24, 2.45) is 0 Å². The average Bonchev–Trinajstić information content (AvgIpc) is 3.13. The van der Waals surface area contributed by atoms with E-state index in [4.69, 9.17) is 9.26 Å². The van der Waals surface area contributed by atoms with E-state index in [-0.39, 0.29) is 12.5 Å². The van der Waals surface area contributed by atoms with Gasteiger partial charge in [-0.05, 0) is 42.5 Å². The minimum atomic E-state index is -0.129. The monoisotopic (exact) mass is 287 g/mol. The molecule has 110 valence electrons. The summed E-state index contributed by atoms with van der Waals surface area (Å²) in [7, 11) is 1.56. The van der Waals surface area contributed by atoms with Crippen LogP contribution in [0.4, 0.5) is 0 Å². The Kier molecular flexibility index (Phi) is 3.96. The lowest BCUT2D eigenvalue weighted by Crippen LogP contribution is -2.23. The molecule has 21 heavy (non-hydrogen) atoms. The van der Waals surface area contributed by atoms with Crippen molar-refractivity contribution in [3.63, 3.8) is 0 Å². The lowest BCUT2D eigenvalue weighted by atomic mass is 10.1. The molecule has 1 aromatic carbocycles. The van der Waals surface area contributed by atoms with Crippen LogP contribution in [0, 0.1) is 0 Å². The first kappa shape index (κ1) is 13.8. The molecule has 0 aliphatic heterocycles. The third kappa shape index (κ3) is 3.11. The van der Waals surface area contributed by atoms with E-state index < -0.39 is 0 Å². The molecule has 6 heteroatoms. The minimum absolute atomic E-state index is 0.129. The Hall–Kier alpha value is -2.21. The number of amides is 1. The summed E-state index contributed by atoms with van der Waals surface area (Å²) in [5.41, 5.74) is 3.31. The number of hydrogen-bond acceptors (Lipinski definition) is 5. The Morgan fingerprint density at radius 2 is 2.24 bits per heavy atom. The van der Waals surface area contributed by atoms with Crippen LogP contribution in [0.1, 0.15) is 39.6 Å². The number of methoxy groups -OCH3 is 1. The summed E-state index contributed by atoms with van der Waals surface area (Å²) in [5.74, 6) is 0.715. The summed E-state index contributed by atoms with van der Waals surface area (Å²) >= 11 is 0. The predicted molar refractivity (Wildman–Crippen MR) is 74.6 cm³/mol. The van der Waals surface area contributed by atoms with Crippen molar-refractivity contribution >= 4 is 5.91 Å². The Balaban J connectivity index is 1.60. The van der Waals surface area contributed by atoms with E-state index in [1.165, 1.54) is 17.5 Å². The third-order valence-electron chi connectivity index (χ3n) is 3.54. The molecule has 1 N–H and O–H groups in total. The van der Waals surface area contributed by atoms with Gasteiger partial charge in [0.25, 0.3) is 5.91 Å². The van der Waals surface area contributed by atoms with Gasteiger partial charge in [0, 0.05) is 12.7 Å². The fourth-order valence-electron chi connectivity index (χ4n) is 2.52. The van der Waals surface area contributed by atoms with Crippen LogP contribution in [-0.4, -0.2) is 23.2 Å². The number of aryl methyl sites for hydroxylation is 2. The van der Waals surface area contributed by atoms with Crippen molar-refractivity contribution in [1.82, 2.24) is 15.5 Å². The van der Waals surface area contributed by atoms with Crippen molar-refractivity contribution in [3.8, 4) is 0 Å². The molecule has 0 atom stereocenters. The molecule has 0 bridgehead atoms. The number of nitrogens with zero attached hydrogens (tertiary/aromatic N) is 2. The topological polar surface area (TPSA) is 77.3 Å².